The number of aryl methyl sites for hydroxylation is 1. The number of hydrogen-bond acceptors (Lipinski definition) is 5. The average molecular weight is 425 g/mol. The van der Waals surface area contributed by atoms with Crippen LogP contribution in [0, 0.1) is 6.92 Å². The number of rotatable bonds is 7. The maximum atomic E-state index is 13.4. The standard InChI is InChI=1S/C23H27N3O5/c1-6-23(16-7-12-19(31-5)14(2)13-16)21(28)26(22(29)25-23)15(3)20(27)24-17-8-10-18(30-4)11-9-17/h7-13,15H,6H2,1-5H3,(H,24,27)(H,25,29). The third-order valence-electron chi connectivity index (χ3n) is 5.67. The summed E-state index contributed by atoms with van der Waals surface area (Å²) in [6.45, 7) is 5.22. The fourth-order valence-electron chi connectivity index (χ4n) is 3.77. The molecule has 3 rings (SSSR count). The molecule has 0 aromatic heterocycles. The van der Waals surface area contributed by atoms with Crippen LogP contribution in [0.15, 0.2) is 42.5 Å². The van der Waals surface area contributed by atoms with E-state index in [1.165, 1.54) is 6.92 Å². The summed E-state index contributed by atoms with van der Waals surface area (Å²) in [5.74, 6) is 0.423. The van der Waals surface area contributed by atoms with E-state index in [2.05, 4.69) is 10.6 Å². The molecule has 2 atom stereocenters. The summed E-state index contributed by atoms with van der Waals surface area (Å²) in [4.78, 5) is 40.0. The number of methoxy groups -OCH3 is 2. The van der Waals surface area contributed by atoms with Crippen LogP contribution < -0.4 is 20.1 Å². The van der Waals surface area contributed by atoms with Gasteiger partial charge in [-0.2, -0.15) is 0 Å². The van der Waals surface area contributed by atoms with Crippen molar-refractivity contribution in [1.82, 2.24) is 10.2 Å². The average Bonchev–Trinajstić information content (AvgIpc) is 3.04. The number of carbonyl (C=O) groups excluding carboxylic acids is 3. The van der Waals surface area contributed by atoms with Crippen molar-refractivity contribution < 1.29 is 23.9 Å². The first-order valence-corrected chi connectivity index (χ1v) is 10.0. The number of hydrogen-bond donors (Lipinski definition) is 2. The van der Waals surface area contributed by atoms with E-state index < -0.39 is 29.4 Å². The molecule has 164 valence electrons. The number of nitrogens with one attached hydrogen (secondary N) is 2. The Morgan fingerprint density at radius 2 is 1.81 bits per heavy atom. The largest absolute Gasteiger partial charge is 0.497 e. The molecule has 8 heteroatoms. The smallest absolute Gasteiger partial charge is 0.326 e. The van der Waals surface area contributed by atoms with Gasteiger partial charge in [0.25, 0.3) is 5.91 Å². The lowest BCUT2D eigenvalue weighted by molar-refractivity contribution is -0.136. The van der Waals surface area contributed by atoms with Crippen molar-refractivity contribution in [2.75, 3.05) is 19.5 Å². The summed E-state index contributed by atoms with van der Waals surface area (Å²) >= 11 is 0. The minimum Gasteiger partial charge on any atom is -0.497 e. The Kier molecular flexibility index (Phi) is 6.19. The molecule has 0 radical (unpaired) electrons. The summed E-state index contributed by atoms with van der Waals surface area (Å²) in [7, 11) is 3.13. The lowest BCUT2D eigenvalue weighted by atomic mass is 9.86. The van der Waals surface area contributed by atoms with Crippen molar-refractivity contribution >= 4 is 23.5 Å². The zero-order chi connectivity index (χ0) is 22.8. The minimum atomic E-state index is -1.23. The van der Waals surface area contributed by atoms with E-state index in [9.17, 15) is 14.4 Å². The molecule has 4 amide bonds. The van der Waals surface area contributed by atoms with Gasteiger partial charge in [-0.3, -0.25) is 9.59 Å². The van der Waals surface area contributed by atoms with Gasteiger partial charge in [0.1, 0.15) is 23.1 Å². The Bertz CT molecular complexity index is 1000. The van der Waals surface area contributed by atoms with Gasteiger partial charge in [-0.25, -0.2) is 9.69 Å². The third kappa shape index (κ3) is 3.93. The van der Waals surface area contributed by atoms with Crippen LogP contribution in [-0.4, -0.2) is 43.0 Å². The quantitative estimate of drug-likeness (QED) is 0.664. The SMILES string of the molecule is CCC1(c2ccc(OC)c(C)c2)NC(=O)N(C(C)C(=O)Nc2ccc(OC)cc2)C1=O. The number of carbonyl (C=O) groups is 3. The zero-order valence-electron chi connectivity index (χ0n) is 18.3. The van der Waals surface area contributed by atoms with Crippen LogP contribution in [0.25, 0.3) is 0 Å². The van der Waals surface area contributed by atoms with Crippen LogP contribution in [0.2, 0.25) is 0 Å². The highest BCUT2D eigenvalue weighted by atomic mass is 16.5. The topological polar surface area (TPSA) is 97.0 Å². The highest BCUT2D eigenvalue weighted by Gasteiger charge is 2.53. The lowest BCUT2D eigenvalue weighted by Gasteiger charge is -2.27. The highest BCUT2D eigenvalue weighted by molar-refractivity contribution is 6.11. The van der Waals surface area contributed by atoms with Crippen LogP contribution in [0.4, 0.5) is 10.5 Å². The summed E-state index contributed by atoms with van der Waals surface area (Å²) in [6, 6.07) is 10.6. The van der Waals surface area contributed by atoms with Crippen LogP contribution >= 0.6 is 0 Å². The molecule has 0 saturated carbocycles. The molecule has 1 aliphatic rings. The van der Waals surface area contributed by atoms with Gasteiger partial charge >= 0.3 is 6.03 Å². The maximum absolute atomic E-state index is 13.4. The molecule has 0 bridgehead atoms. The number of anilines is 1. The van der Waals surface area contributed by atoms with Gasteiger partial charge in [0.2, 0.25) is 5.91 Å². The Morgan fingerprint density at radius 1 is 1.13 bits per heavy atom. The molecular formula is C23H27N3O5. The third-order valence-corrected chi connectivity index (χ3v) is 5.67. The first-order chi connectivity index (χ1) is 14.8. The van der Waals surface area contributed by atoms with Crippen molar-refractivity contribution in [3.63, 3.8) is 0 Å². The first-order valence-electron chi connectivity index (χ1n) is 10.0. The van der Waals surface area contributed by atoms with Crippen molar-refractivity contribution in [2.45, 2.75) is 38.8 Å². The minimum absolute atomic E-state index is 0.340. The first kappa shape index (κ1) is 22.1. The Labute approximate surface area is 181 Å². The molecule has 2 aromatic carbocycles. The molecule has 8 nitrogen and oxygen atoms in total. The van der Waals surface area contributed by atoms with E-state index in [1.807, 2.05) is 19.9 Å². The Balaban J connectivity index is 1.84. The number of ether oxygens (including phenoxy) is 2. The molecule has 1 heterocycles. The van der Waals surface area contributed by atoms with E-state index in [1.54, 1.807) is 50.6 Å². The Morgan fingerprint density at radius 3 is 2.35 bits per heavy atom. The maximum Gasteiger partial charge on any atom is 0.326 e. The Hall–Kier alpha value is -3.55. The molecular weight excluding hydrogens is 398 g/mol. The second kappa shape index (κ2) is 8.67. The number of urea groups is 1. The monoisotopic (exact) mass is 425 g/mol. The van der Waals surface area contributed by atoms with Gasteiger partial charge in [0.05, 0.1) is 14.2 Å². The van der Waals surface area contributed by atoms with Crippen LogP contribution in [0.1, 0.15) is 31.4 Å². The van der Waals surface area contributed by atoms with Gasteiger partial charge in [0.15, 0.2) is 0 Å². The van der Waals surface area contributed by atoms with Crippen molar-refractivity contribution in [3.05, 3.63) is 53.6 Å². The van der Waals surface area contributed by atoms with Gasteiger partial charge in [0, 0.05) is 5.69 Å². The van der Waals surface area contributed by atoms with Crippen molar-refractivity contribution in [2.24, 2.45) is 0 Å². The molecule has 0 spiro atoms. The number of amides is 4. The zero-order valence-corrected chi connectivity index (χ0v) is 18.3. The molecule has 1 fully saturated rings. The van der Waals surface area contributed by atoms with E-state index >= 15 is 0 Å². The number of benzene rings is 2. The lowest BCUT2D eigenvalue weighted by Crippen LogP contribution is -2.48. The van der Waals surface area contributed by atoms with Crippen molar-refractivity contribution in [1.29, 1.82) is 0 Å². The number of imide groups is 1. The second-order valence-corrected chi connectivity index (χ2v) is 7.44. The van der Waals surface area contributed by atoms with Crippen LogP contribution in [0.5, 0.6) is 11.5 Å². The molecule has 1 aliphatic heterocycles. The summed E-state index contributed by atoms with van der Waals surface area (Å²) in [6.07, 6.45) is 0.340. The van der Waals surface area contributed by atoms with E-state index in [-0.39, 0.29) is 0 Å². The summed E-state index contributed by atoms with van der Waals surface area (Å²) in [5, 5.41) is 5.55. The fraction of sp³-hybridized carbons (Fsp3) is 0.348. The molecule has 2 N–H and O–H groups in total. The second-order valence-electron chi connectivity index (χ2n) is 7.44. The normalized spacial score (nSPS) is 19.1. The molecule has 31 heavy (non-hydrogen) atoms. The van der Waals surface area contributed by atoms with Gasteiger partial charge in [-0.15, -0.1) is 0 Å². The molecule has 1 saturated heterocycles. The van der Waals surface area contributed by atoms with E-state index in [0.29, 0.717) is 29.2 Å². The van der Waals surface area contributed by atoms with Gasteiger partial charge in [-0.1, -0.05) is 13.0 Å². The molecule has 2 unspecified atom stereocenters. The van der Waals surface area contributed by atoms with Gasteiger partial charge in [-0.05, 0) is 67.8 Å². The summed E-state index contributed by atoms with van der Waals surface area (Å²) in [5.41, 5.74) is 0.802. The highest BCUT2D eigenvalue weighted by Crippen LogP contribution is 2.35. The number of nitrogens with zero attached hydrogens (tertiary/aromatic N) is 1. The van der Waals surface area contributed by atoms with Gasteiger partial charge < -0.3 is 20.1 Å². The predicted molar refractivity (Wildman–Crippen MR) is 116 cm³/mol. The van der Waals surface area contributed by atoms with E-state index in [0.717, 1.165) is 10.5 Å². The summed E-state index contributed by atoms with van der Waals surface area (Å²) < 4.78 is 10.4. The fourth-order valence-corrected chi connectivity index (χ4v) is 3.77. The molecule has 0 aliphatic carbocycles. The van der Waals surface area contributed by atoms with Crippen LogP contribution in [-0.2, 0) is 15.1 Å². The van der Waals surface area contributed by atoms with Crippen LogP contribution in [0.3, 0.4) is 0 Å². The predicted octanol–water partition coefficient (Wildman–Crippen LogP) is 3.20. The van der Waals surface area contributed by atoms with Crippen molar-refractivity contribution in [3.8, 4) is 11.5 Å². The van der Waals surface area contributed by atoms with E-state index in [4.69, 9.17) is 9.47 Å². The molecule has 2 aromatic rings.